The number of ether oxygens (including phenoxy) is 2. The molecular weight excluding hydrogens is 392 g/mol. The first-order valence-corrected chi connectivity index (χ1v) is 9.78. The number of hydrogen-bond donors (Lipinski definition) is 0. The SMILES string of the molecule is CCOC(=O)Cn1c(=NC(=O)c2ccccc2C)sc2cc(C(=O)OC)ccc21. The van der Waals surface area contributed by atoms with E-state index in [1.807, 2.05) is 19.1 Å². The summed E-state index contributed by atoms with van der Waals surface area (Å²) in [5, 5.41) is 0. The van der Waals surface area contributed by atoms with Crippen molar-refractivity contribution in [3.8, 4) is 0 Å². The van der Waals surface area contributed by atoms with Gasteiger partial charge in [0, 0.05) is 5.56 Å². The molecule has 0 atom stereocenters. The van der Waals surface area contributed by atoms with Crippen molar-refractivity contribution in [3.63, 3.8) is 0 Å². The van der Waals surface area contributed by atoms with Crippen LogP contribution in [0.1, 0.15) is 33.2 Å². The van der Waals surface area contributed by atoms with Gasteiger partial charge in [-0.2, -0.15) is 4.99 Å². The highest BCUT2D eigenvalue weighted by atomic mass is 32.1. The fraction of sp³-hybridized carbons (Fsp3) is 0.238. The van der Waals surface area contributed by atoms with E-state index in [0.29, 0.717) is 26.1 Å². The number of thiazole rings is 1. The Kier molecular flexibility index (Phi) is 6.23. The number of aromatic nitrogens is 1. The zero-order chi connectivity index (χ0) is 21.0. The van der Waals surface area contributed by atoms with Gasteiger partial charge in [-0.1, -0.05) is 29.5 Å². The summed E-state index contributed by atoms with van der Waals surface area (Å²) in [6.07, 6.45) is 0. The van der Waals surface area contributed by atoms with E-state index in [9.17, 15) is 14.4 Å². The van der Waals surface area contributed by atoms with Crippen molar-refractivity contribution in [2.24, 2.45) is 4.99 Å². The fourth-order valence-corrected chi connectivity index (χ4v) is 3.92. The second kappa shape index (κ2) is 8.83. The third kappa shape index (κ3) is 4.43. The van der Waals surface area contributed by atoms with Gasteiger partial charge in [0.05, 0.1) is 29.5 Å². The maximum Gasteiger partial charge on any atom is 0.337 e. The van der Waals surface area contributed by atoms with Crippen LogP contribution in [0, 0.1) is 6.92 Å². The maximum absolute atomic E-state index is 12.7. The van der Waals surface area contributed by atoms with Crippen molar-refractivity contribution >= 4 is 39.4 Å². The standard InChI is InChI=1S/C21H20N2O5S/c1-4-28-18(24)12-23-16-10-9-14(20(26)27-3)11-17(16)29-21(23)22-19(25)15-8-6-5-7-13(15)2/h5-11H,4,12H2,1-3H3. The van der Waals surface area contributed by atoms with Crippen LogP contribution in [0.25, 0.3) is 10.2 Å². The maximum atomic E-state index is 12.7. The summed E-state index contributed by atoms with van der Waals surface area (Å²) >= 11 is 1.21. The van der Waals surface area contributed by atoms with Gasteiger partial charge in [0.15, 0.2) is 4.80 Å². The van der Waals surface area contributed by atoms with E-state index in [2.05, 4.69) is 4.99 Å². The molecule has 1 amide bonds. The molecule has 0 bridgehead atoms. The summed E-state index contributed by atoms with van der Waals surface area (Å²) < 4.78 is 12.1. The fourth-order valence-electron chi connectivity index (χ4n) is 2.85. The van der Waals surface area contributed by atoms with Gasteiger partial charge < -0.3 is 14.0 Å². The Labute approximate surface area is 171 Å². The molecule has 0 fully saturated rings. The van der Waals surface area contributed by atoms with Crippen LogP contribution in [-0.4, -0.2) is 36.1 Å². The molecule has 3 aromatic rings. The van der Waals surface area contributed by atoms with Crippen LogP contribution in [0.5, 0.6) is 0 Å². The van der Waals surface area contributed by atoms with Gasteiger partial charge in [0.2, 0.25) is 0 Å². The molecule has 8 heteroatoms. The van der Waals surface area contributed by atoms with Gasteiger partial charge in [-0.15, -0.1) is 0 Å². The predicted octanol–water partition coefficient (Wildman–Crippen LogP) is 3.10. The van der Waals surface area contributed by atoms with Gasteiger partial charge >= 0.3 is 11.9 Å². The number of nitrogens with zero attached hydrogens (tertiary/aromatic N) is 2. The van der Waals surface area contributed by atoms with Gasteiger partial charge in [-0.05, 0) is 43.7 Å². The largest absolute Gasteiger partial charge is 0.465 e. The molecule has 1 aromatic heterocycles. The third-order valence-corrected chi connectivity index (χ3v) is 5.31. The van der Waals surface area contributed by atoms with Crippen LogP contribution in [0.4, 0.5) is 0 Å². The number of carbonyl (C=O) groups is 3. The molecule has 0 aliphatic heterocycles. The first-order chi connectivity index (χ1) is 13.9. The number of methoxy groups -OCH3 is 1. The molecule has 0 saturated heterocycles. The van der Waals surface area contributed by atoms with Crippen molar-refractivity contribution in [3.05, 3.63) is 64.0 Å². The summed E-state index contributed by atoms with van der Waals surface area (Å²) in [6, 6.07) is 12.1. The molecular formula is C21H20N2O5S. The van der Waals surface area contributed by atoms with E-state index in [-0.39, 0.29) is 13.2 Å². The van der Waals surface area contributed by atoms with Crippen molar-refractivity contribution in [2.45, 2.75) is 20.4 Å². The Hall–Kier alpha value is -3.26. The molecule has 7 nitrogen and oxygen atoms in total. The zero-order valence-electron chi connectivity index (χ0n) is 16.3. The molecule has 0 N–H and O–H groups in total. The lowest BCUT2D eigenvalue weighted by molar-refractivity contribution is -0.143. The Morgan fingerprint density at radius 1 is 1.14 bits per heavy atom. The molecule has 2 aromatic carbocycles. The van der Waals surface area contributed by atoms with Gasteiger partial charge in [0.1, 0.15) is 6.54 Å². The summed E-state index contributed by atoms with van der Waals surface area (Å²) in [5.41, 5.74) is 2.35. The van der Waals surface area contributed by atoms with Crippen LogP contribution in [-0.2, 0) is 20.8 Å². The highest BCUT2D eigenvalue weighted by molar-refractivity contribution is 7.16. The molecule has 0 saturated carbocycles. The van der Waals surface area contributed by atoms with E-state index < -0.39 is 17.8 Å². The number of rotatable bonds is 5. The quantitative estimate of drug-likeness (QED) is 0.601. The van der Waals surface area contributed by atoms with Crippen molar-refractivity contribution < 1.29 is 23.9 Å². The van der Waals surface area contributed by atoms with E-state index in [4.69, 9.17) is 9.47 Å². The number of carbonyl (C=O) groups excluding carboxylic acids is 3. The zero-order valence-corrected chi connectivity index (χ0v) is 17.1. The third-order valence-electron chi connectivity index (χ3n) is 4.27. The van der Waals surface area contributed by atoms with Crippen molar-refractivity contribution in [1.29, 1.82) is 0 Å². The number of benzene rings is 2. The summed E-state index contributed by atoms with van der Waals surface area (Å²) in [5.74, 6) is -1.30. The van der Waals surface area contributed by atoms with Gasteiger partial charge in [0.25, 0.3) is 5.91 Å². The molecule has 3 rings (SSSR count). The highest BCUT2D eigenvalue weighted by Crippen LogP contribution is 2.20. The molecule has 0 unspecified atom stereocenters. The summed E-state index contributed by atoms with van der Waals surface area (Å²) in [4.78, 5) is 41.3. The molecule has 0 radical (unpaired) electrons. The van der Waals surface area contributed by atoms with Gasteiger partial charge in [-0.3, -0.25) is 9.59 Å². The minimum Gasteiger partial charge on any atom is -0.465 e. The Morgan fingerprint density at radius 2 is 1.90 bits per heavy atom. The molecule has 1 heterocycles. The van der Waals surface area contributed by atoms with Gasteiger partial charge in [-0.25, -0.2) is 4.79 Å². The topological polar surface area (TPSA) is 87.0 Å². The Balaban J connectivity index is 2.15. The smallest absolute Gasteiger partial charge is 0.337 e. The number of fused-ring (bicyclic) bond motifs is 1. The summed E-state index contributed by atoms with van der Waals surface area (Å²) in [7, 11) is 1.31. The molecule has 29 heavy (non-hydrogen) atoms. The molecule has 150 valence electrons. The second-order valence-electron chi connectivity index (χ2n) is 6.18. The van der Waals surface area contributed by atoms with E-state index >= 15 is 0 Å². The minimum atomic E-state index is -0.466. The lowest BCUT2D eigenvalue weighted by Crippen LogP contribution is -2.23. The van der Waals surface area contributed by atoms with Crippen LogP contribution in [0.2, 0.25) is 0 Å². The molecule has 0 aliphatic rings. The predicted molar refractivity (Wildman–Crippen MR) is 109 cm³/mol. The Morgan fingerprint density at radius 3 is 2.59 bits per heavy atom. The van der Waals surface area contributed by atoms with Crippen LogP contribution < -0.4 is 4.80 Å². The molecule has 0 aliphatic carbocycles. The average Bonchev–Trinajstić information content (AvgIpc) is 3.03. The van der Waals surface area contributed by atoms with E-state index in [1.165, 1.54) is 18.4 Å². The monoisotopic (exact) mass is 412 g/mol. The van der Waals surface area contributed by atoms with Crippen molar-refractivity contribution in [2.75, 3.05) is 13.7 Å². The number of aryl methyl sites for hydroxylation is 1. The first kappa shape index (κ1) is 20.5. The van der Waals surface area contributed by atoms with Crippen molar-refractivity contribution in [1.82, 2.24) is 4.57 Å². The first-order valence-electron chi connectivity index (χ1n) is 8.96. The minimum absolute atomic E-state index is 0.0920. The number of esters is 2. The normalized spacial score (nSPS) is 11.5. The number of hydrogen-bond acceptors (Lipinski definition) is 6. The molecule has 0 spiro atoms. The Bertz CT molecular complexity index is 1160. The van der Waals surface area contributed by atoms with E-state index in [1.54, 1.807) is 41.8 Å². The van der Waals surface area contributed by atoms with E-state index in [0.717, 1.165) is 5.56 Å². The second-order valence-corrected chi connectivity index (χ2v) is 7.19. The average molecular weight is 412 g/mol. The number of amides is 1. The van der Waals surface area contributed by atoms with Crippen LogP contribution in [0.3, 0.4) is 0 Å². The highest BCUT2D eigenvalue weighted by Gasteiger charge is 2.15. The lowest BCUT2D eigenvalue weighted by atomic mass is 10.1. The van der Waals surface area contributed by atoms with Crippen LogP contribution >= 0.6 is 11.3 Å². The lowest BCUT2D eigenvalue weighted by Gasteiger charge is -2.06. The van der Waals surface area contributed by atoms with Crippen LogP contribution in [0.15, 0.2) is 47.5 Å². The summed E-state index contributed by atoms with van der Waals surface area (Å²) in [6.45, 7) is 3.72.